The minimum absolute atomic E-state index is 0.488. The molecule has 1 aliphatic carbocycles. The van der Waals surface area contributed by atoms with Gasteiger partial charge in [-0.1, -0.05) is 34.1 Å². The largest absolute Gasteiger partial charge is 0.329 e. The molecule has 1 heterocycles. The quantitative estimate of drug-likeness (QED) is 0.838. The molecule has 2 aliphatic rings. The van der Waals surface area contributed by atoms with E-state index in [0.717, 1.165) is 24.3 Å². The van der Waals surface area contributed by atoms with Gasteiger partial charge in [0.1, 0.15) is 0 Å². The van der Waals surface area contributed by atoms with Crippen LogP contribution in [-0.2, 0) is 0 Å². The van der Waals surface area contributed by atoms with Crippen molar-refractivity contribution in [2.24, 2.45) is 28.9 Å². The molecule has 21 heavy (non-hydrogen) atoms. The molecule has 2 heteroatoms. The monoisotopic (exact) mass is 294 g/mol. The van der Waals surface area contributed by atoms with E-state index in [0.29, 0.717) is 11.5 Å². The van der Waals surface area contributed by atoms with Gasteiger partial charge in [-0.2, -0.15) is 0 Å². The summed E-state index contributed by atoms with van der Waals surface area (Å²) >= 11 is 0. The zero-order valence-corrected chi connectivity index (χ0v) is 14.9. The molecule has 2 N–H and O–H groups in total. The van der Waals surface area contributed by atoms with E-state index in [1.807, 2.05) is 0 Å². The van der Waals surface area contributed by atoms with Gasteiger partial charge in [-0.25, -0.2) is 0 Å². The lowest BCUT2D eigenvalue weighted by Crippen LogP contribution is -2.50. The molecule has 2 fully saturated rings. The lowest BCUT2D eigenvalue weighted by Gasteiger charge is -2.45. The Morgan fingerprint density at radius 2 is 1.76 bits per heavy atom. The highest BCUT2D eigenvalue weighted by Crippen LogP contribution is 2.41. The maximum atomic E-state index is 6.20. The van der Waals surface area contributed by atoms with E-state index >= 15 is 0 Å². The number of nitrogens with zero attached hydrogens (tertiary/aromatic N) is 1. The summed E-state index contributed by atoms with van der Waals surface area (Å²) < 4.78 is 0. The van der Waals surface area contributed by atoms with Crippen molar-refractivity contribution >= 4 is 0 Å². The lowest BCUT2D eigenvalue weighted by molar-refractivity contribution is 0.0541. The van der Waals surface area contributed by atoms with Gasteiger partial charge in [-0.15, -0.1) is 0 Å². The van der Waals surface area contributed by atoms with Crippen LogP contribution in [-0.4, -0.2) is 30.6 Å². The van der Waals surface area contributed by atoms with Crippen molar-refractivity contribution in [2.45, 2.75) is 78.7 Å². The van der Waals surface area contributed by atoms with Crippen LogP contribution in [0.5, 0.6) is 0 Å². The predicted molar refractivity (Wildman–Crippen MR) is 92.3 cm³/mol. The second-order valence-electron chi connectivity index (χ2n) is 8.69. The Balaban J connectivity index is 1.90. The first-order valence-electron chi connectivity index (χ1n) is 9.39. The molecule has 0 spiro atoms. The Morgan fingerprint density at radius 3 is 2.29 bits per heavy atom. The summed E-state index contributed by atoms with van der Waals surface area (Å²) in [4.78, 5) is 2.75. The van der Waals surface area contributed by atoms with Crippen LogP contribution in [0.4, 0.5) is 0 Å². The van der Waals surface area contributed by atoms with Gasteiger partial charge in [-0.3, -0.25) is 4.90 Å². The molecular formula is C19H38N2. The molecule has 1 saturated heterocycles. The van der Waals surface area contributed by atoms with Crippen LogP contribution >= 0.6 is 0 Å². The van der Waals surface area contributed by atoms with Crippen molar-refractivity contribution in [1.29, 1.82) is 0 Å². The standard InChI is InChI=1S/C19H38N2/c1-5-15-7-6-12-21(14-15)18(13-20)16-8-10-17(11-9-16)19(2,3)4/h15-18H,5-14,20H2,1-4H3. The molecule has 2 rings (SSSR count). The van der Waals surface area contributed by atoms with Crippen LogP contribution in [0, 0.1) is 23.2 Å². The molecule has 1 aliphatic heterocycles. The van der Waals surface area contributed by atoms with Gasteiger partial charge < -0.3 is 5.73 Å². The summed E-state index contributed by atoms with van der Waals surface area (Å²) in [5.41, 5.74) is 6.69. The Labute approximate surface area is 132 Å². The smallest absolute Gasteiger partial charge is 0.0246 e. The lowest BCUT2D eigenvalue weighted by atomic mass is 9.68. The van der Waals surface area contributed by atoms with Crippen molar-refractivity contribution in [2.75, 3.05) is 19.6 Å². The summed E-state index contributed by atoms with van der Waals surface area (Å²) in [7, 11) is 0. The number of rotatable bonds is 4. The average Bonchev–Trinajstić information content (AvgIpc) is 2.48. The van der Waals surface area contributed by atoms with Crippen LogP contribution < -0.4 is 5.73 Å². The van der Waals surface area contributed by atoms with Gasteiger partial charge in [0.2, 0.25) is 0 Å². The fraction of sp³-hybridized carbons (Fsp3) is 1.00. The van der Waals surface area contributed by atoms with Crippen molar-refractivity contribution < 1.29 is 0 Å². The van der Waals surface area contributed by atoms with Gasteiger partial charge >= 0.3 is 0 Å². The first-order valence-corrected chi connectivity index (χ1v) is 9.39. The van der Waals surface area contributed by atoms with E-state index in [4.69, 9.17) is 5.73 Å². The molecule has 0 amide bonds. The number of hydrogen-bond acceptors (Lipinski definition) is 2. The van der Waals surface area contributed by atoms with Gasteiger partial charge in [0.05, 0.1) is 0 Å². The van der Waals surface area contributed by atoms with E-state index in [9.17, 15) is 0 Å². The zero-order valence-electron chi connectivity index (χ0n) is 14.9. The van der Waals surface area contributed by atoms with Crippen molar-refractivity contribution in [3.05, 3.63) is 0 Å². The third kappa shape index (κ3) is 4.45. The molecule has 2 unspecified atom stereocenters. The molecule has 0 radical (unpaired) electrons. The van der Waals surface area contributed by atoms with Gasteiger partial charge in [-0.05, 0) is 68.2 Å². The van der Waals surface area contributed by atoms with Crippen LogP contribution in [0.1, 0.15) is 72.6 Å². The highest BCUT2D eigenvalue weighted by atomic mass is 15.2. The minimum atomic E-state index is 0.488. The van der Waals surface area contributed by atoms with Gasteiger partial charge in [0, 0.05) is 19.1 Å². The molecular weight excluding hydrogens is 256 g/mol. The summed E-state index contributed by atoms with van der Waals surface area (Å²) in [6, 6.07) is 0.653. The van der Waals surface area contributed by atoms with E-state index < -0.39 is 0 Å². The molecule has 2 nitrogen and oxygen atoms in total. The number of likely N-dealkylation sites (tertiary alicyclic amines) is 1. The Kier molecular flexibility index (Phi) is 6.14. The highest BCUT2D eigenvalue weighted by Gasteiger charge is 2.35. The van der Waals surface area contributed by atoms with E-state index in [1.165, 1.54) is 58.0 Å². The van der Waals surface area contributed by atoms with Gasteiger partial charge in [0.25, 0.3) is 0 Å². The predicted octanol–water partition coefficient (Wildman–Crippen LogP) is 4.29. The molecule has 0 aromatic rings. The maximum Gasteiger partial charge on any atom is 0.0246 e. The SMILES string of the molecule is CCC1CCCN(C(CN)C2CCC(C(C)(C)C)CC2)C1. The van der Waals surface area contributed by atoms with Crippen LogP contribution in [0.25, 0.3) is 0 Å². The zero-order chi connectivity index (χ0) is 15.5. The van der Waals surface area contributed by atoms with Crippen LogP contribution in [0.3, 0.4) is 0 Å². The number of piperidine rings is 1. The molecule has 1 saturated carbocycles. The van der Waals surface area contributed by atoms with E-state index in [1.54, 1.807) is 0 Å². The topological polar surface area (TPSA) is 29.3 Å². The van der Waals surface area contributed by atoms with Crippen molar-refractivity contribution in [3.63, 3.8) is 0 Å². The third-order valence-corrected chi connectivity index (χ3v) is 6.38. The molecule has 0 bridgehead atoms. The minimum Gasteiger partial charge on any atom is -0.329 e. The molecule has 124 valence electrons. The molecule has 0 aromatic carbocycles. The maximum absolute atomic E-state index is 6.20. The van der Waals surface area contributed by atoms with Crippen LogP contribution in [0.2, 0.25) is 0 Å². The first kappa shape index (κ1) is 17.3. The van der Waals surface area contributed by atoms with Crippen molar-refractivity contribution in [3.8, 4) is 0 Å². The average molecular weight is 295 g/mol. The Bertz CT molecular complexity index is 299. The van der Waals surface area contributed by atoms with E-state index in [2.05, 4.69) is 32.6 Å². The fourth-order valence-corrected chi connectivity index (χ4v) is 4.74. The first-order chi connectivity index (χ1) is 9.95. The number of hydrogen-bond donors (Lipinski definition) is 1. The summed E-state index contributed by atoms with van der Waals surface area (Å²) in [5, 5.41) is 0. The third-order valence-electron chi connectivity index (χ3n) is 6.38. The second-order valence-corrected chi connectivity index (χ2v) is 8.69. The van der Waals surface area contributed by atoms with Crippen molar-refractivity contribution in [1.82, 2.24) is 4.90 Å². The second kappa shape index (κ2) is 7.46. The molecule has 2 atom stereocenters. The van der Waals surface area contributed by atoms with Gasteiger partial charge in [0.15, 0.2) is 0 Å². The highest BCUT2D eigenvalue weighted by molar-refractivity contribution is 4.89. The van der Waals surface area contributed by atoms with Crippen LogP contribution in [0.15, 0.2) is 0 Å². The Morgan fingerprint density at radius 1 is 1.10 bits per heavy atom. The summed E-state index contributed by atoms with van der Waals surface area (Å²) in [6.45, 7) is 13.0. The Hall–Kier alpha value is -0.0800. The molecule has 0 aromatic heterocycles. The normalized spacial score (nSPS) is 33.9. The fourth-order valence-electron chi connectivity index (χ4n) is 4.74. The van der Waals surface area contributed by atoms with E-state index in [-0.39, 0.29) is 0 Å². The summed E-state index contributed by atoms with van der Waals surface area (Å²) in [5.74, 6) is 2.68. The summed E-state index contributed by atoms with van der Waals surface area (Å²) in [6.07, 6.45) is 9.78. The number of nitrogens with two attached hydrogens (primary N) is 1.